The molecule has 0 aliphatic carbocycles. The van der Waals surface area contributed by atoms with Crippen LogP contribution in [0.1, 0.15) is 18.5 Å². The molecular weight excluding hydrogens is 364 g/mol. The highest BCUT2D eigenvalue weighted by atomic mass is 32.1. The summed E-state index contributed by atoms with van der Waals surface area (Å²) in [5, 5.41) is 3.80. The van der Waals surface area contributed by atoms with E-state index >= 15 is 0 Å². The summed E-state index contributed by atoms with van der Waals surface area (Å²) in [6.07, 6.45) is 5.34. The van der Waals surface area contributed by atoms with E-state index in [-0.39, 0.29) is 18.6 Å². The number of thiocarbonyl (C=S) groups is 1. The molecule has 8 heteroatoms. The lowest BCUT2D eigenvalue weighted by molar-refractivity contribution is -0.140. The van der Waals surface area contributed by atoms with Crippen molar-refractivity contribution in [1.82, 2.24) is 19.8 Å². The van der Waals surface area contributed by atoms with Crippen molar-refractivity contribution in [3.05, 3.63) is 59.8 Å². The normalized spacial score (nSPS) is 17.1. The van der Waals surface area contributed by atoms with Gasteiger partial charge in [0, 0.05) is 37.9 Å². The minimum absolute atomic E-state index is 0.201. The second-order valence-electron chi connectivity index (χ2n) is 6.13. The highest BCUT2D eigenvalue weighted by Crippen LogP contribution is 2.31. The molecule has 0 bridgehead atoms. The van der Waals surface area contributed by atoms with E-state index < -0.39 is 0 Å². The fraction of sp³-hybridized carbons (Fsp3) is 0.316. The van der Waals surface area contributed by atoms with E-state index in [9.17, 15) is 4.79 Å². The van der Waals surface area contributed by atoms with Crippen molar-refractivity contribution in [3.63, 3.8) is 0 Å². The number of hydrogen-bond donors (Lipinski definition) is 1. The zero-order valence-corrected chi connectivity index (χ0v) is 16.3. The molecule has 1 aromatic carbocycles. The molecule has 3 rings (SSSR count). The molecule has 1 aliphatic heterocycles. The van der Waals surface area contributed by atoms with Crippen molar-refractivity contribution in [2.75, 3.05) is 27.4 Å². The molecule has 1 aromatic heterocycles. The maximum absolute atomic E-state index is 12.7. The number of aromatic nitrogens is 2. The summed E-state index contributed by atoms with van der Waals surface area (Å²) < 4.78 is 12.2. The Morgan fingerprint density at radius 2 is 2.04 bits per heavy atom. The van der Waals surface area contributed by atoms with Crippen molar-refractivity contribution in [2.24, 2.45) is 0 Å². The summed E-state index contributed by atoms with van der Waals surface area (Å²) in [5.74, 6) is -0.380. The molecule has 1 N–H and O–H groups in total. The second-order valence-corrected chi connectivity index (χ2v) is 6.52. The minimum Gasteiger partial charge on any atom is -0.460 e. The molecule has 7 nitrogen and oxygen atoms in total. The number of rotatable bonds is 6. The van der Waals surface area contributed by atoms with Crippen LogP contribution in [0.2, 0.25) is 0 Å². The van der Waals surface area contributed by atoms with Gasteiger partial charge in [-0.1, -0.05) is 12.1 Å². The monoisotopic (exact) mass is 386 g/mol. The van der Waals surface area contributed by atoms with Gasteiger partial charge < -0.3 is 24.3 Å². The average Bonchev–Trinajstić information content (AvgIpc) is 3.21. The van der Waals surface area contributed by atoms with Crippen LogP contribution in [0, 0.1) is 0 Å². The predicted molar refractivity (Wildman–Crippen MR) is 105 cm³/mol. The molecular formula is C19H22N4O3S. The number of methoxy groups -OCH3 is 1. The van der Waals surface area contributed by atoms with E-state index in [0.717, 1.165) is 16.9 Å². The number of carbonyl (C=O) groups is 1. The van der Waals surface area contributed by atoms with Gasteiger partial charge in [-0.05, 0) is 36.8 Å². The first-order chi connectivity index (χ1) is 13.0. The van der Waals surface area contributed by atoms with Gasteiger partial charge in [-0.2, -0.15) is 0 Å². The quantitative estimate of drug-likeness (QED) is 0.464. The van der Waals surface area contributed by atoms with Crippen LogP contribution in [-0.2, 0) is 14.3 Å². The fourth-order valence-corrected chi connectivity index (χ4v) is 3.15. The Bertz CT molecular complexity index is 846. The number of benzene rings is 1. The van der Waals surface area contributed by atoms with Crippen molar-refractivity contribution in [2.45, 2.75) is 13.0 Å². The first kappa shape index (κ1) is 19.1. The number of carbonyl (C=O) groups excluding carboxylic acids is 1. The third-order valence-electron chi connectivity index (χ3n) is 4.52. The lowest BCUT2D eigenvalue weighted by atomic mass is 9.95. The standard InChI is InChI=1S/C19H22N4O3S/c1-13-16(18(24)26-11-10-25-3)17(21-19(27)22(13)2)14-4-6-15(7-5-14)23-9-8-20-12-23/h4-9,12,17H,10-11H2,1-3H3,(H,21,27). The molecule has 0 radical (unpaired) electrons. The maximum Gasteiger partial charge on any atom is 0.338 e. The predicted octanol–water partition coefficient (Wildman–Crippen LogP) is 2.20. The van der Waals surface area contributed by atoms with E-state index in [2.05, 4.69) is 10.3 Å². The van der Waals surface area contributed by atoms with E-state index in [1.807, 2.05) is 49.0 Å². The number of allylic oxidation sites excluding steroid dienone is 1. The van der Waals surface area contributed by atoms with Gasteiger partial charge in [-0.25, -0.2) is 9.78 Å². The number of esters is 1. The van der Waals surface area contributed by atoms with Gasteiger partial charge in [0.15, 0.2) is 5.11 Å². The van der Waals surface area contributed by atoms with Gasteiger partial charge in [0.2, 0.25) is 0 Å². The van der Waals surface area contributed by atoms with Crippen LogP contribution in [0.25, 0.3) is 5.69 Å². The molecule has 0 saturated heterocycles. The van der Waals surface area contributed by atoms with Gasteiger partial charge in [0.25, 0.3) is 0 Å². The summed E-state index contributed by atoms with van der Waals surface area (Å²) in [5.41, 5.74) is 3.21. The van der Waals surface area contributed by atoms with Crippen LogP contribution in [0.15, 0.2) is 54.3 Å². The van der Waals surface area contributed by atoms with Crippen LogP contribution in [0.5, 0.6) is 0 Å². The number of nitrogens with zero attached hydrogens (tertiary/aromatic N) is 3. The topological polar surface area (TPSA) is 68.6 Å². The number of ether oxygens (including phenoxy) is 2. The van der Waals surface area contributed by atoms with Crippen molar-refractivity contribution >= 4 is 23.3 Å². The number of hydrogen-bond acceptors (Lipinski definition) is 5. The molecule has 1 unspecified atom stereocenters. The first-order valence-electron chi connectivity index (χ1n) is 8.52. The Balaban J connectivity index is 1.91. The third kappa shape index (κ3) is 4.01. The van der Waals surface area contributed by atoms with E-state index in [0.29, 0.717) is 17.3 Å². The van der Waals surface area contributed by atoms with Gasteiger partial charge >= 0.3 is 5.97 Å². The molecule has 2 aromatic rings. The summed E-state index contributed by atoms with van der Waals surface area (Å²) in [7, 11) is 3.39. The van der Waals surface area contributed by atoms with Crippen molar-refractivity contribution in [3.8, 4) is 5.69 Å². The third-order valence-corrected chi connectivity index (χ3v) is 4.92. The molecule has 1 atom stereocenters. The van der Waals surface area contributed by atoms with Crippen molar-refractivity contribution < 1.29 is 14.3 Å². The SMILES string of the molecule is COCCOC(=O)C1=C(C)N(C)C(=S)NC1c1ccc(-n2ccnc2)cc1. The van der Waals surface area contributed by atoms with Gasteiger partial charge in [0.05, 0.1) is 24.5 Å². The summed E-state index contributed by atoms with van der Waals surface area (Å²) in [6.45, 7) is 2.42. The van der Waals surface area contributed by atoms with Crippen LogP contribution >= 0.6 is 12.2 Å². The van der Waals surface area contributed by atoms with Crippen LogP contribution in [-0.4, -0.2) is 52.9 Å². The zero-order valence-electron chi connectivity index (χ0n) is 15.5. The molecule has 1 aliphatic rings. The molecule has 142 valence electrons. The Hall–Kier alpha value is -2.71. The summed E-state index contributed by atoms with van der Waals surface area (Å²) in [6, 6.07) is 7.51. The average molecular weight is 386 g/mol. The first-order valence-corrected chi connectivity index (χ1v) is 8.93. The highest BCUT2D eigenvalue weighted by Gasteiger charge is 2.33. The van der Waals surface area contributed by atoms with Crippen molar-refractivity contribution in [1.29, 1.82) is 0 Å². The van der Waals surface area contributed by atoms with Crippen LogP contribution in [0.3, 0.4) is 0 Å². The summed E-state index contributed by atoms with van der Waals surface area (Å²) >= 11 is 5.42. The minimum atomic E-state index is -0.380. The van der Waals surface area contributed by atoms with Crippen LogP contribution in [0.4, 0.5) is 0 Å². The molecule has 0 saturated carbocycles. The van der Waals surface area contributed by atoms with E-state index in [1.54, 1.807) is 24.5 Å². The Labute approximate surface area is 163 Å². The van der Waals surface area contributed by atoms with Gasteiger partial charge in [0.1, 0.15) is 6.61 Å². The largest absolute Gasteiger partial charge is 0.460 e. The molecule has 0 amide bonds. The zero-order chi connectivity index (χ0) is 19.4. The number of nitrogens with one attached hydrogen (secondary N) is 1. The Kier molecular flexibility index (Phi) is 5.88. The molecule has 0 fully saturated rings. The summed E-state index contributed by atoms with van der Waals surface area (Å²) in [4.78, 5) is 18.6. The highest BCUT2D eigenvalue weighted by molar-refractivity contribution is 7.80. The lowest BCUT2D eigenvalue weighted by Crippen LogP contribution is -2.46. The number of imidazole rings is 1. The second kappa shape index (κ2) is 8.32. The molecule has 27 heavy (non-hydrogen) atoms. The van der Waals surface area contributed by atoms with Gasteiger partial charge in [-0.3, -0.25) is 0 Å². The smallest absolute Gasteiger partial charge is 0.338 e. The molecule has 0 spiro atoms. The maximum atomic E-state index is 12.7. The van der Waals surface area contributed by atoms with Crippen LogP contribution < -0.4 is 5.32 Å². The van der Waals surface area contributed by atoms with E-state index in [4.69, 9.17) is 21.7 Å². The molecule has 2 heterocycles. The fourth-order valence-electron chi connectivity index (χ4n) is 2.90. The Morgan fingerprint density at radius 3 is 2.67 bits per heavy atom. The lowest BCUT2D eigenvalue weighted by Gasteiger charge is -2.35. The van der Waals surface area contributed by atoms with E-state index in [1.165, 1.54) is 0 Å². The Morgan fingerprint density at radius 1 is 1.30 bits per heavy atom. The van der Waals surface area contributed by atoms with Gasteiger partial charge in [-0.15, -0.1) is 0 Å².